The molecule has 0 bridgehead atoms. The number of alkyl halides is 3. The number of ether oxygens (including phenoxy) is 1. The maximum absolute atomic E-state index is 12.3. The topological polar surface area (TPSA) is 29.5 Å². The molecule has 104 valence electrons. The third-order valence-electron chi connectivity index (χ3n) is 3.02. The minimum Gasteiger partial charge on any atom is -0.490 e. The predicted molar refractivity (Wildman–Crippen MR) is 62.7 cm³/mol. The van der Waals surface area contributed by atoms with E-state index < -0.39 is 12.1 Å². The van der Waals surface area contributed by atoms with E-state index in [-0.39, 0.29) is 19.2 Å². The van der Waals surface area contributed by atoms with Crippen LogP contribution in [-0.4, -0.2) is 36.2 Å². The molecule has 6 heteroatoms. The van der Waals surface area contributed by atoms with Crippen LogP contribution in [0.3, 0.4) is 0 Å². The molecule has 2 rings (SSSR count). The highest BCUT2D eigenvalue weighted by Crippen LogP contribution is 2.23. The third-order valence-corrected chi connectivity index (χ3v) is 3.02. The zero-order valence-corrected chi connectivity index (χ0v) is 10.2. The SMILES string of the molecule is O=C(N1CCC(Oc2ccccc2)CC1)C(F)(F)F. The van der Waals surface area contributed by atoms with E-state index >= 15 is 0 Å². The number of hydrogen-bond donors (Lipinski definition) is 0. The molecule has 3 nitrogen and oxygen atoms in total. The van der Waals surface area contributed by atoms with Crippen molar-refractivity contribution in [3.63, 3.8) is 0 Å². The van der Waals surface area contributed by atoms with Crippen LogP contribution < -0.4 is 4.74 Å². The number of nitrogens with zero attached hydrogens (tertiary/aromatic N) is 1. The van der Waals surface area contributed by atoms with E-state index in [4.69, 9.17) is 4.74 Å². The van der Waals surface area contributed by atoms with Crippen molar-refractivity contribution in [2.24, 2.45) is 0 Å². The molecule has 0 aliphatic carbocycles. The number of carbonyl (C=O) groups is 1. The summed E-state index contributed by atoms with van der Waals surface area (Å²) in [6.07, 6.45) is -4.10. The largest absolute Gasteiger partial charge is 0.490 e. The number of piperidine rings is 1. The van der Waals surface area contributed by atoms with Crippen molar-refractivity contribution in [2.75, 3.05) is 13.1 Å². The van der Waals surface area contributed by atoms with E-state index in [2.05, 4.69) is 0 Å². The molecule has 0 aromatic heterocycles. The Balaban J connectivity index is 1.85. The Morgan fingerprint density at radius 3 is 2.26 bits per heavy atom. The van der Waals surface area contributed by atoms with E-state index in [1.165, 1.54) is 0 Å². The zero-order chi connectivity index (χ0) is 13.9. The van der Waals surface area contributed by atoms with Gasteiger partial charge in [0.25, 0.3) is 0 Å². The van der Waals surface area contributed by atoms with Gasteiger partial charge >= 0.3 is 12.1 Å². The standard InChI is InChI=1S/C13H14F3NO2/c14-13(15,16)12(18)17-8-6-11(7-9-17)19-10-4-2-1-3-5-10/h1-5,11H,6-9H2. The first kappa shape index (κ1) is 13.7. The Bertz CT molecular complexity index is 425. The fourth-order valence-corrected chi connectivity index (χ4v) is 2.05. The summed E-state index contributed by atoms with van der Waals surface area (Å²) in [5.41, 5.74) is 0. The Hall–Kier alpha value is -1.72. The summed E-state index contributed by atoms with van der Waals surface area (Å²) in [5.74, 6) is -1.06. The summed E-state index contributed by atoms with van der Waals surface area (Å²) in [6.45, 7) is 0.158. The van der Waals surface area contributed by atoms with Crippen LogP contribution >= 0.6 is 0 Å². The van der Waals surface area contributed by atoms with Gasteiger partial charge in [-0.25, -0.2) is 0 Å². The first-order valence-electron chi connectivity index (χ1n) is 6.04. The third kappa shape index (κ3) is 3.62. The van der Waals surface area contributed by atoms with Gasteiger partial charge in [-0.2, -0.15) is 13.2 Å². The van der Waals surface area contributed by atoms with Gasteiger partial charge in [-0.1, -0.05) is 18.2 Å². The summed E-state index contributed by atoms with van der Waals surface area (Å²) in [6, 6.07) is 9.12. The fourth-order valence-electron chi connectivity index (χ4n) is 2.05. The van der Waals surface area contributed by atoms with Crippen molar-refractivity contribution in [1.29, 1.82) is 0 Å². The maximum Gasteiger partial charge on any atom is 0.471 e. The van der Waals surface area contributed by atoms with Crippen LogP contribution in [0.4, 0.5) is 13.2 Å². The molecule has 1 aliphatic heterocycles. The lowest BCUT2D eigenvalue weighted by Gasteiger charge is -2.32. The summed E-state index contributed by atoms with van der Waals surface area (Å²) >= 11 is 0. The van der Waals surface area contributed by atoms with E-state index in [1.807, 2.05) is 18.2 Å². The lowest BCUT2D eigenvalue weighted by molar-refractivity contribution is -0.187. The molecule has 0 saturated carbocycles. The molecule has 0 atom stereocenters. The molecule has 0 radical (unpaired) electrons. The second-order valence-electron chi connectivity index (χ2n) is 4.42. The van der Waals surface area contributed by atoms with Crippen molar-refractivity contribution < 1.29 is 22.7 Å². The van der Waals surface area contributed by atoms with Gasteiger partial charge in [0.1, 0.15) is 11.9 Å². The van der Waals surface area contributed by atoms with Crippen LogP contribution in [-0.2, 0) is 4.79 Å². The molecule has 1 aromatic carbocycles. The fraction of sp³-hybridized carbons (Fsp3) is 0.462. The van der Waals surface area contributed by atoms with Crippen LogP contribution in [0.25, 0.3) is 0 Å². The van der Waals surface area contributed by atoms with Gasteiger partial charge in [0.15, 0.2) is 0 Å². The summed E-state index contributed by atoms with van der Waals surface area (Å²) in [4.78, 5) is 11.9. The lowest BCUT2D eigenvalue weighted by Crippen LogP contribution is -2.47. The molecule has 1 fully saturated rings. The monoisotopic (exact) mass is 273 g/mol. The molecular weight excluding hydrogens is 259 g/mol. The van der Waals surface area contributed by atoms with Gasteiger partial charge in [0.2, 0.25) is 0 Å². The average Bonchev–Trinajstić information content (AvgIpc) is 2.39. The number of likely N-dealkylation sites (tertiary alicyclic amines) is 1. The van der Waals surface area contributed by atoms with E-state index in [0.29, 0.717) is 18.6 Å². The number of amides is 1. The minimum atomic E-state index is -4.78. The highest BCUT2D eigenvalue weighted by molar-refractivity contribution is 5.81. The van der Waals surface area contributed by atoms with E-state index in [9.17, 15) is 18.0 Å². The molecule has 0 N–H and O–H groups in total. The number of halogens is 3. The minimum absolute atomic E-state index is 0.0792. The second kappa shape index (κ2) is 5.50. The van der Waals surface area contributed by atoms with Crippen molar-refractivity contribution >= 4 is 5.91 Å². The van der Waals surface area contributed by atoms with Gasteiger partial charge < -0.3 is 9.64 Å². The number of hydrogen-bond acceptors (Lipinski definition) is 2. The highest BCUT2D eigenvalue weighted by atomic mass is 19.4. The summed E-state index contributed by atoms with van der Waals surface area (Å²) < 4.78 is 42.4. The van der Waals surface area contributed by atoms with Gasteiger partial charge in [-0.3, -0.25) is 4.79 Å². The number of benzene rings is 1. The molecule has 1 saturated heterocycles. The molecular formula is C13H14F3NO2. The molecule has 1 aromatic rings. The normalized spacial score (nSPS) is 17.3. The lowest BCUT2D eigenvalue weighted by atomic mass is 10.1. The van der Waals surface area contributed by atoms with Crippen LogP contribution in [0, 0.1) is 0 Å². The quantitative estimate of drug-likeness (QED) is 0.829. The van der Waals surface area contributed by atoms with Gasteiger partial charge in [0, 0.05) is 25.9 Å². The van der Waals surface area contributed by atoms with Crippen molar-refractivity contribution in [3.05, 3.63) is 30.3 Å². The smallest absolute Gasteiger partial charge is 0.471 e. The molecule has 1 heterocycles. The first-order valence-corrected chi connectivity index (χ1v) is 6.04. The number of para-hydroxylation sites is 1. The summed E-state index contributed by atoms with van der Waals surface area (Å²) in [5, 5.41) is 0. The Morgan fingerprint density at radius 1 is 1.16 bits per heavy atom. The van der Waals surface area contributed by atoms with E-state index in [1.54, 1.807) is 12.1 Å². The first-order chi connectivity index (χ1) is 8.97. The zero-order valence-electron chi connectivity index (χ0n) is 10.2. The molecule has 19 heavy (non-hydrogen) atoms. The molecule has 0 spiro atoms. The Labute approximate surface area is 109 Å². The Kier molecular flexibility index (Phi) is 3.97. The Morgan fingerprint density at radius 2 is 1.74 bits per heavy atom. The average molecular weight is 273 g/mol. The maximum atomic E-state index is 12.3. The van der Waals surface area contributed by atoms with Gasteiger partial charge in [-0.15, -0.1) is 0 Å². The van der Waals surface area contributed by atoms with Crippen LogP contribution in [0.2, 0.25) is 0 Å². The molecule has 1 amide bonds. The van der Waals surface area contributed by atoms with Gasteiger partial charge in [0.05, 0.1) is 0 Å². The van der Waals surface area contributed by atoms with Crippen molar-refractivity contribution in [3.8, 4) is 5.75 Å². The van der Waals surface area contributed by atoms with Crippen LogP contribution in [0.1, 0.15) is 12.8 Å². The van der Waals surface area contributed by atoms with Crippen LogP contribution in [0.5, 0.6) is 5.75 Å². The molecule has 1 aliphatic rings. The van der Waals surface area contributed by atoms with Crippen molar-refractivity contribution in [1.82, 2.24) is 4.90 Å². The summed E-state index contributed by atoms with van der Waals surface area (Å²) in [7, 11) is 0. The van der Waals surface area contributed by atoms with Gasteiger partial charge in [-0.05, 0) is 12.1 Å². The number of carbonyl (C=O) groups excluding carboxylic acids is 1. The number of rotatable bonds is 2. The van der Waals surface area contributed by atoms with Crippen molar-refractivity contribution in [2.45, 2.75) is 25.1 Å². The molecule has 0 unspecified atom stereocenters. The van der Waals surface area contributed by atoms with Crippen LogP contribution in [0.15, 0.2) is 30.3 Å². The second-order valence-corrected chi connectivity index (χ2v) is 4.42. The predicted octanol–water partition coefficient (Wildman–Crippen LogP) is 2.62. The van der Waals surface area contributed by atoms with E-state index in [0.717, 1.165) is 4.90 Å². The highest BCUT2D eigenvalue weighted by Gasteiger charge is 2.43.